The van der Waals surface area contributed by atoms with Crippen LogP contribution in [0.15, 0.2) is 30.4 Å². The zero-order valence-electron chi connectivity index (χ0n) is 15.3. The van der Waals surface area contributed by atoms with Crippen molar-refractivity contribution < 1.29 is 40.7 Å². The molecule has 2 unspecified atom stereocenters. The average Bonchev–Trinajstić information content (AvgIpc) is 2.89. The molecule has 0 aromatic heterocycles. The van der Waals surface area contributed by atoms with Crippen molar-refractivity contribution in [1.82, 2.24) is 4.90 Å². The van der Waals surface area contributed by atoms with Crippen molar-refractivity contribution in [3.63, 3.8) is 0 Å². The van der Waals surface area contributed by atoms with Gasteiger partial charge in [0.05, 0.1) is 23.0 Å². The van der Waals surface area contributed by atoms with Gasteiger partial charge in [-0.2, -0.15) is 26.3 Å². The highest BCUT2D eigenvalue weighted by atomic mass is 19.4. The number of nitrogens with one attached hydrogen (secondary N) is 1. The number of carbonyl (C=O) groups is 3. The third-order valence-corrected chi connectivity index (χ3v) is 5.03. The van der Waals surface area contributed by atoms with Crippen LogP contribution in [0.1, 0.15) is 30.4 Å². The van der Waals surface area contributed by atoms with E-state index >= 15 is 0 Å². The molecular weight excluding hydrogens is 418 g/mol. The zero-order valence-corrected chi connectivity index (χ0v) is 15.3. The molecule has 30 heavy (non-hydrogen) atoms. The molecule has 11 heteroatoms. The molecule has 1 heterocycles. The third-order valence-electron chi connectivity index (χ3n) is 5.03. The maximum atomic E-state index is 12.9. The van der Waals surface area contributed by atoms with Gasteiger partial charge < -0.3 is 5.32 Å². The molecule has 3 rings (SSSR count). The van der Waals surface area contributed by atoms with Crippen LogP contribution < -0.4 is 5.32 Å². The normalized spacial score (nSPS) is 21.7. The SMILES string of the molecule is O=C(CCN1C(=O)C2CC=CCC2C1=O)Nc1cc(C(F)(F)F)cc(C(F)(F)F)c1. The molecule has 1 fully saturated rings. The number of likely N-dealkylation sites (tertiary alicyclic amines) is 1. The largest absolute Gasteiger partial charge is 0.416 e. The minimum absolute atomic E-state index is 0.0486. The van der Waals surface area contributed by atoms with E-state index in [2.05, 4.69) is 0 Å². The minimum Gasteiger partial charge on any atom is -0.326 e. The highest BCUT2D eigenvalue weighted by Gasteiger charge is 2.47. The number of hydrogen-bond acceptors (Lipinski definition) is 3. The zero-order chi connectivity index (χ0) is 22.3. The summed E-state index contributed by atoms with van der Waals surface area (Å²) >= 11 is 0. The van der Waals surface area contributed by atoms with Gasteiger partial charge in [-0.15, -0.1) is 0 Å². The molecule has 1 N–H and O–H groups in total. The predicted molar refractivity (Wildman–Crippen MR) is 91.8 cm³/mol. The lowest BCUT2D eigenvalue weighted by Crippen LogP contribution is -2.34. The average molecular weight is 434 g/mol. The van der Waals surface area contributed by atoms with Crippen LogP contribution in [0.4, 0.5) is 32.0 Å². The second kappa shape index (κ2) is 7.77. The van der Waals surface area contributed by atoms with Crippen LogP contribution >= 0.6 is 0 Å². The Morgan fingerprint density at radius 2 is 1.37 bits per heavy atom. The molecule has 1 aromatic rings. The number of fused-ring (bicyclic) bond motifs is 1. The highest BCUT2D eigenvalue weighted by Crippen LogP contribution is 2.38. The van der Waals surface area contributed by atoms with Crippen LogP contribution in [0.25, 0.3) is 0 Å². The Morgan fingerprint density at radius 1 is 0.900 bits per heavy atom. The Kier molecular flexibility index (Phi) is 5.66. The Hall–Kier alpha value is -2.85. The Labute approximate surface area is 166 Å². The van der Waals surface area contributed by atoms with E-state index in [1.807, 2.05) is 5.32 Å². The topological polar surface area (TPSA) is 66.5 Å². The van der Waals surface area contributed by atoms with Gasteiger partial charge in [0.25, 0.3) is 0 Å². The van der Waals surface area contributed by atoms with Gasteiger partial charge in [-0.25, -0.2) is 0 Å². The standard InChI is InChI=1S/C19H16F6N2O3/c20-18(21,22)10-7-11(19(23,24)25)9-12(8-10)26-15(28)5-6-27-16(29)13-3-1-2-4-14(13)17(27)30/h1-2,7-9,13-14H,3-6H2,(H,26,28). The first-order valence-electron chi connectivity index (χ1n) is 8.97. The minimum atomic E-state index is -5.04. The summed E-state index contributed by atoms with van der Waals surface area (Å²) in [6, 6.07) is 0.728. The fourth-order valence-electron chi connectivity index (χ4n) is 3.55. The van der Waals surface area contributed by atoms with E-state index in [0.717, 1.165) is 4.90 Å². The number of alkyl halides is 6. The number of imide groups is 1. The molecule has 1 saturated heterocycles. The molecule has 0 bridgehead atoms. The number of hydrogen-bond donors (Lipinski definition) is 1. The van der Waals surface area contributed by atoms with Crippen molar-refractivity contribution in [2.75, 3.05) is 11.9 Å². The maximum absolute atomic E-state index is 12.9. The lowest BCUT2D eigenvalue weighted by molar-refractivity contribution is -0.144. The van der Waals surface area contributed by atoms with E-state index in [1.54, 1.807) is 12.2 Å². The molecule has 3 amide bonds. The summed E-state index contributed by atoms with van der Waals surface area (Å²) in [6.07, 6.45) is -6.16. The summed E-state index contributed by atoms with van der Waals surface area (Å²) in [5, 5.41) is 1.98. The van der Waals surface area contributed by atoms with Crippen LogP contribution in [0.3, 0.4) is 0 Å². The number of benzene rings is 1. The van der Waals surface area contributed by atoms with Crippen LogP contribution in [-0.2, 0) is 26.7 Å². The Morgan fingerprint density at radius 3 is 1.80 bits per heavy atom. The summed E-state index contributed by atoms with van der Waals surface area (Å²) in [7, 11) is 0. The molecule has 2 aliphatic rings. The third kappa shape index (κ3) is 4.49. The van der Waals surface area contributed by atoms with Gasteiger partial charge in [-0.05, 0) is 31.0 Å². The first-order valence-corrected chi connectivity index (χ1v) is 8.97. The summed E-state index contributed by atoms with van der Waals surface area (Å²) in [5.41, 5.74) is -3.80. The number of rotatable bonds is 4. The second-order valence-electron chi connectivity index (χ2n) is 7.08. The van der Waals surface area contributed by atoms with Gasteiger partial charge in [0.15, 0.2) is 0 Å². The Balaban J connectivity index is 1.69. The number of nitrogens with zero attached hydrogens (tertiary/aromatic N) is 1. The van der Waals surface area contributed by atoms with Crippen LogP contribution in [-0.4, -0.2) is 29.2 Å². The van der Waals surface area contributed by atoms with Crippen LogP contribution in [0.5, 0.6) is 0 Å². The summed E-state index contributed by atoms with van der Waals surface area (Å²) in [6.45, 7) is -0.304. The molecule has 162 valence electrons. The number of halogens is 6. The van der Waals surface area contributed by atoms with Gasteiger partial charge >= 0.3 is 12.4 Å². The van der Waals surface area contributed by atoms with E-state index in [-0.39, 0.29) is 12.6 Å². The van der Waals surface area contributed by atoms with E-state index in [1.165, 1.54) is 0 Å². The lowest BCUT2D eigenvalue weighted by Gasteiger charge is -2.16. The highest BCUT2D eigenvalue weighted by molar-refractivity contribution is 6.05. The molecule has 0 spiro atoms. The van der Waals surface area contributed by atoms with E-state index in [4.69, 9.17) is 0 Å². The molecule has 1 aliphatic heterocycles. The lowest BCUT2D eigenvalue weighted by atomic mass is 9.85. The van der Waals surface area contributed by atoms with Crippen molar-refractivity contribution in [2.45, 2.75) is 31.6 Å². The number of allylic oxidation sites excluding steroid dienone is 2. The van der Waals surface area contributed by atoms with Crippen molar-refractivity contribution in [3.05, 3.63) is 41.5 Å². The number of carbonyl (C=O) groups excluding carboxylic acids is 3. The van der Waals surface area contributed by atoms with Crippen molar-refractivity contribution in [3.8, 4) is 0 Å². The van der Waals surface area contributed by atoms with Gasteiger partial charge in [0, 0.05) is 18.7 Å². The molecule has 1 aliphatic carbocycles. The summed E-state index contributed by atoms with van der Waals surface area (Å²) < 4.78 is 77.3. The second-order valence-corrected chi connectivity index (χ2v) is 7.08. The van der Waals surface area contributed by atoms with Crippen molar-refractivity contribution in [1.29, 1.82) is 0 Å². The van der Waals surface area contributed by atoms with E-state index in [0.29, 0.717) is 25.0 Å². The predicted octanol–water partition coefficient (Wildman–Crippen LogP) is 4.00. The van der Waals surface area contributed by atoms with Gasteiger partial charge in [-0.3, -0.25) is 19.3 Å². The smallest absolute Gasteiger partial charge is 0.326 e. The van der Waals surface area contributed by atoms with Gasteiger partial charge in [0.1, 0.15) is 0 Å². The fraction of sp³-hybridized carbons (Fsp3) is 0.421. The molecular formula is C19H16F6N2O3. The van der Waals surface area contributed by atoms with Crippen molar-refractivity contribution in [2.24, 2.45) is 11.8 Å². The molecule has 1 aromatic carbocycles. The maximum Gasteiger partial charge on any atom is 0.416 e. The quantitative estimate of drug-likeness (QED) is 0.443. The first-order chi connectivity index (χ1) is 13.9. The molecule has 2 atom stereocenters. The summed E-state index contributed by atoms with van der Waals surface area (Å²) in [4.78, 5) is 37.7. The van der Waals surface area contributed by atoms with E-state index < -0.39 is 65.1 Å². The molecule has 5 nitrogen and oxygen atoms in total. The van der Waals surface area contributed by atoms with Crippen LogP contribution in [0.2, 0.25) is 0 Å². The number of anilines is 1. The number of amides is 3. The molecule has 0 saturated carbocycles. The monoisotopic (exact) mass is 434 g/mol. The Bertz CT molecular complexity index is 848. The molecule has 0 radical (unpaired) electrons. The first kappa shape index (κ1) is 21.8. The summed E-state index contributed by atoms with van der Waals surface area (Å²) in [5.74, 6) is -2.77. The van der Waals surface area contributed by atoms with Gasteiger partial charge in [-0.1, -0.05) is 12.2 Å². The fourth-order valence-corrected chi connectivity index (χ4v) is 3.55. The van der Waals surface area contributed by atoms with Crippen molar-refractivity contribution >= 4 is 23.4 Å². The van der Waals surface area contributed by atoms with Gasteiger partial charge in [0.2, 0.25) is 17.7 Å². The van der Waals surface area contributed by atoms with Crippen LogP contribution in [0, 0.1) is 11.8 Å². The van der Waals surface area contributed by atoms with E-state index in [9.17, 15) is 40.7 Å².